The molecule has 12 heavy (non-hydrogen) atoms. The molecule has 0 bridgehead atoms. The van der Waals surface area contributed by atoms with Gasteiger partial charge in [-0.3, -0.25) is 9.78 Å². The Balaban J connectivity index is 2.42. The predicted molar refractivity (Wildman–Crippen MR) is 46.3 cm³/mol. The molecule has 0 spiro atoms. The molecule has 0 saturated heterocycles. The molecule has 2 nitrogen and oxygen atoms in total. The van der Waals surface area contributed by atoms with E-state index in [0.717, 1.165) is 19.1 Å². The maximum atomic E-state index is 10.5. The number of carbonyl (C=O) groups excluding carboxylic acids is 1. The van der Waals surface area contributed by atoms with Crippen molar-refractivity contribution in [1.82, 2.24) is 4.98 Å². The van der Waals surface area contributed by atoms with Gasteiger partial charge >= 0.3 is 0 Å². The second kappa shape index (κ2) is 3.05. The molecule has 0 atom stereocenters. The lowest BCUT2D eigenvalue weighted by Crippen LogP contribution is -2.05. The van der Waals surface area contributed by atoms with E-state index in [2.05, 4.69) is 4.98 Å². The summed E-state index contributed by atoms with van der Waals surface area (Å²) in [5, 5.41) is 0. The van der Waals surface area contributed by atoms with Crippen LogP contribution in [0.25, 0.3) is 0 Å². The monoisotopic (exact) mass is 161 g/mol. The van der Waals surface area contributed by atoms with Crippen molar-refractivity contribution in [3.8, 4) is 0 Å². The zero-order valence-electron chi connectivity index (χ0n) is 6.92. The smallest absolute Gasteiger partial charge is 0.151 e. The molecule has 0 unspecified atom stereocenters. The number of carbonyl (C=O) groups is 1. The van der Waals surface area contributed by atoms with Crippen LogP contribution < -0.4 is 0 Å². The highest BCUT2D eigenvalue weighted by Gasteiger charge is 2.09. The van der Waals surface area contributed by atoms with Gasteiger partial charge in [0.25, 0.3) is 0 Å². The lowest BCUT2D eigenvalue weighted by Gasteiger charge is -2.13. The Bertz CT molecular complexity index is 307. The summed E-state index contributed by atoms with van der Waals surface area (Å²) in [6, 6.07) is 1.97. The van der Waals surface area contributed by atoms with Crippen LogP contribution in [0.1, 0.15) is 34.5 Å². The van der Waals surface area contributed by atoms with Crippen LogP contribution in [0.5, 0.6) is 0 Å². The fourth-order valence-corrected chi connectivity index (χ4v) is 1.67. The molecule has 1 aromatic heterocycles. The highest BCUT2D eigenvalue weighted by molar-refractivity contribution is 5.74. The van der Waals surface area contributed by atoms with Crippen molar-refractivity contribution in [2.24, 2.45) is 0 Å². The van der Waals surface area contributed by atoms with Crippen molar-refractivity contribution in [3.05, 3.63) is 29.1 Å². The van der Waals surface area contributed by atoms with Crippen LogP contribution >= 0.6 is 0 Å². The Morgan fingerprint density at radius 3 is 3.00 bits per heavy atom. The van der Waals surface area contributed by atoms with Gasteiger partial charge in [0, 0.05) is 17.5 Å². The van der Waals surface area contributed by atoms with Crippen molar-refractivity contribution in [3.63, 3.8) is 0 Å². The van der Waals surface area contributed by atoms with E-state index in [4.69, 9.17) is 0 Å². The molecule has 0 N–H and O–H groups in total. The molecule has 1 aromatic rings. The Kier molecular flexibility index (Phi) is 1.90. The number of hydrogen-bond acceptors (Lipinski definition) is 2. The Hall–Kier alpha value is -1.18. The number of rotatable bonds is 1. The number of aromatic nitrogens is 1. The van der Waals surface area contributed by atoms with Gasteiger partial charge in [0.15, 0.2) is 6.29 Å². The summed E-state index contributed by atoms with van der Waals surface area (Å²) in [5.74, 6) is 0. The molecule has 1 aliphatic carbocycles. The van der Waals surface area contributed by atoms with E-state index in [1.807, 2.05) is 6.07 Å². The Morgan fingerprint density at radius 1 is 1.33 bits per heavy atom. The summed E-state index contributed by atoms with van der Waals surface area (Å²) in [6.07, 6.45) is 7.16. The fourth-order valence-electron chi connectivity index (χ4n) is 1.67. The predicted octanol–water partition coefficient (Wildman–Crippen LogP) is 1.77. The normalized spacial score (nSPS) is 15.3. The molecule has 0 amide bonds. The standard InChI is InChI=1S/C10H11NO/c12-7-8-5-9-3-1-2-4-10(9)11-6-8/h5-7H,1-4H2. The van der Waals surface area contributed by atoms with Gasteiger partial charge in [0.05, 0.1) is 0 Å². The van der Waals surface area contributed by atoms with E-state index in [1.165, 1.54) is 24.1 Å². The minimum absolute atomic E-state index is 0.704. The van der Waals surface area contributed by atoms with Crippen molar-refractivity contribution < 1.29 is 4.79 Å². The number of nitrogens with zero attached hydrogens (tertiary/aromatic N) is 1. The fraction of sp³-hybridized carbons (Fsp3) is 0.400. The average Bonchev–Trinajstić information content (AvgIpc) is 2.17. The molecule has 0 aromatic carbocycles. The molecular formula is C10H11NO. The zero-order chi connectivity index (χ0) is 8.39. The van der Waals surface area contributed by atoms with Crippen molar-refractivity contribution in [1.29, 1.82) is 0 Å². The SMILES string of the molecule is O=Cc1cnc2c(c1)CCCC2. The molecule has 1 heterocycles. The van der Waals surface area contributed by atoms with Crippen LogP contribution in [-0.4, -0.2) is 11.3 Å². The van der Waals surface area contributed by atoms with E-state index in [0.29, 0.717) is 5.56 Å². The molecule has 2 rings (SSSR count). The van der Waals surface area contributed by atoms with E-state index in [-0.39, 0.29) is 0 Å². The second-order valence-electron chi connectivity index (χ2n) is 3.20. The molecule has 1 aliphatic rings. The first kappa shape index (κ1) is 7.47. The van der Waals surface area contributed by atoms with Crippen LogP contribution in [0.3, 0.4) is 0 Å². The van der Waals surface area contributed by atoms with Crippen LogP contribution in [0.15, 0.2) is 12.3 Å². The van der Waals surface area contributed by atoms with Gasteiger partial charge in [-0.25, -0.2) is 0 Å². The van der Waals surface area contributed by atoms with Gasteiger partial charge in [0.1, 0.15) is 0 Å². The maximum Gasteiger partial charge on any atom is 0.151 e. The largest absolute Gasteiger partial charge is 0.298 e. The molecule has 0 aliphatic heterocycles. The highest BCUT2D eigenvalue weighted by atomic mass is 16.1. The van der Waals surface area contributed by atoms with E-state index in [1.54, 1.807) is 6.20 Å². The zero-order valence-corrected chi connectivity index (χ0v) is 6.92. The Labute approximate surface area is 71.6 Å². The number of hydrogen-bond donors (Lipinski definition) is 0. The quantitative estimate of drug-likeness (QED) is 0.587. The number of aryl methyl sites for hydroxylation is 2. The average molecular weight is 161 g/mol. The van der Waals surface area contributed by atoms with Crippen LogP contribution in [0.4, 0.5) is 0 Å². The third kappa shape index (κ3) is 1.24. The minimum atomic E-state index is 0.704. The van der Waals surface area contributed by atoms with Gasteiger partial charge in [-0.2, -0.15) is 0 Å². The summed E-state index contributed by atoms with van der Waals surface area (Å²) in [5.41, 5.74) is 3.16. The first-order chi connectivity index (χ1) is 5.90. The number of fused-ring (bicyclic) bond motifs is 1. The van der Waals surface area contributed by atoms with E-state index < -0.39 is 0 Å². The summed E-state index contributed by atoms with van der Waals surface area (Å²) in [4.78, 5) is 14.7. The lowest BCUT2D eigenvalue weighted by atomic mass is 9.95. The molecule has 0 fully saturated rings. The number of pyridine rings is 1. The van der Waals surface area contributed by atoms with Crippen molar-refractivity contribution in [2.75, 3.05) is 0 Å². The van der Waals surface area contributed by atoms with Crippen molar-refractivity contribution in [2.45, 2.75) is 25.7 Å². The van der Waals surface area contributed by atoms with Crippen LogP contribution in [0, 0.1) is 0 Å². The summed E-state index contributed by atoms with van der Waals surface area (Å²) in [6.45, 7) is 0. The summed E-state index contributed by atoms with van der Waals surface area (Å²) in [7, 11) is 0. The third-order valence-corrected chi connectivity index (χ3v) is 2.33. The second-order valence-corrected chi connectivity index (χ2v) is 3.20. The maximum absolute atomic E-state index is 10.5. The minimum Gasteiger partial charge on any atom is -0.298 e. The first-order valence-corrected chi connectivity index (χ1v) is 4.33. The van der Waals surface area contributed by atoms with Gasteiger partial charge < -0.3 is 0 Å². The molecule has 2 heteroatoms. The topological polar surface area (TPSA) is 30.0 Å². The van der Waals surface area contributed by atoms with E-state index >= 15 is 0 Å². The molecule has 0 saturated carbocycles. The molecule has 0 radical (unpaired) electrons. The van der Waals surface area contributed by atoms with E-state index in [9.17, 15) is 4.79 Å². The van der Waals surface area contributed by atoms with Gasteiger partial charge in [0.2, 0.25) is 0 Å². The highest BCUT2D eigenvalue weighted by Crippen LogP contribution is 2.19. The summed E-state index contributed by atoms with van der Waals surface area (Å²) < 4.78 is 0. The van der Waals surface area contributed by atoms with Crippen molar-refractivity contribution >= 4 is 6.29 Å². The first-order valence-electron chi connectivity index (χ1n) is 4.33. The molecular weight excluding hydrogens is 150 g/mol. The summed E-state index contributed by atoms with van der Waals surface area (Å²) >= 11 is 0. The van der Waals surface area contributed by atoms with Crippen LogP contribution in [0.2, 0.25) is 0 Å². The molecule has 62 valence electrons. The van der Waals surface area contributed by atoms with Gasteiger partial charge in [-0.05, 0) is 37.3 Å². The lowest BCUT2D eigenvalue weighted by molar-refractivity contribution is 0.112. The third-order valence-electron chi connectivity index (χ3n) is 2.33. The van der Waals surface area contributed by atoms with Gasteiger partial charge in [-0.15, -0.1) is 0 Å². The van der Waals surface area contributed by atoms with Gasteiger partial charge in [-0.1, -0.05) is 0 Å². The van der Waals surface area contributed by atoms with Crippen LogP contribution in [-0.2, 0) is 12.8 Å². The number of aldehydes is 1. The Morgan fingerprint density at radius 2 is 2.17 bits per heavy atom.